The van der Waals surface area contributed by atoms with Gasteiger partial charge in [0, 0.05) is 23.1 Å². The number of H-pyrrole nitrogens is 2. The Labute approximate surface area is 163 Å². The molecule has 0 aliphatic carbocycles. The van der Waals surface area contributed by atoms with Gasteiger partial charge in [0.15, 0.2) is 0 Å². The molecule has 0 aliphatic rings. The van der Waals surface area contributed by atoms with Gasteiger partial charge in [-0.05, 0) is 59.0 Å². The SMILES string of the molecule is Nc1nccc(Nc2ccc3[nH]c(-c4ccc(Nc5nnn[nH]5)cc4)nc3c2)n1. The van der Waals surface area contributed by atoms with Crippen LogP contribution in [0.5, 0.6) is 0 Å². The molecule has 11 heteroatoms. The molecule has 6 N–H and O–H groups in total. The summed E-state index contributed by atoms with van der Waals surface area (Å²) in [6, 6.07) is 15.4. The maximum absolute atomic E-state index is 5.62. The van der Waals surface area contributed by atoms with Crippen LogP contribution >= 0.6 is 0 Å². The molecule has 5 aromatic rings. The molecule has 0 saturated carbocycles. The Morgan fingerprint density at radius 2 is 1.76 bits per heavy atom. The summed E-state index contributed by atoms with van der Waals surface area (Å²) in [5.41, 5.74) is 10.1. The van der Waals surface area contributed by atoms with Gasteiger partial charge >= 0.3 is 0 Å². The Morgan fingerprint density at radius 1 is 0.897 bits per heavy atom. The molecule has 2 aromatic carbocycles. The molecule has 11 nitrogen and oxygen atoms in total. The number of nitrogens with two attached hydrogens (primary N) is 1. The van der Waals surface area contributed by atoms with Crippen molar-refractivity contribution in [1.29, 1.82) is 0 Å². The Morgan fingerprint density at radius 3 is 2.55 bits per heavy atom. The number of anilines is 5. The third-order valence-corrected chi connectivity index (χ3v) is 4.20. The van der Waals surface area contributed by atoms with E-state index in [4.69, 9.17) is 10.7 Å². The zero-order valence-electron chi connectivity index (χ0n) is 15.0. The normalized spacial score (nSPS) is 10.9. The van der Waals surface area contributed by atoms with Crippen LogP contribution in [0.2, 0.25) is 0 Å². The molecule has 0 aliphatic heterocycles. The van der Waals surface area contributed by atoms with E-state index >= 15 is 0 Å². The lowest BCUT2D eigenvalue weighted by atomic mass is 10.2. The Bertz CT molecular complexity index is 1260. The number of aromatic nitrogens is 8. The summed E-state index contributed by atoms with van der Waals surface area (Å²) in [7, 11) is 0. The highest BCUT2D eigenvalue weighted by Gasteiger charge is 2.07. The summed E-state index contributed by atoms with van der Waals surface area (Å²) in [5.74, 6) is 2.09. The van der Waals surface area contributed by atoms with Gasteiger partial charge < -0.3 is 21.4 Å². The van der Waals surface area contributed by atoms with Gasteiger partial charge in [0.25, 0.3) is 0 Å². The summed E-state index contributed by atoms with van der Waals surface area (Å²) >= 11 is 0. The number of aromatic amines is 2. The first kappa shape index (κ1) is 16.6. The quantitative estimate of drug-likeness (QED) is 0.306. The van der Waals surface area contributed by atoms with Crippen molar-refractivity contribution in [3.63, 3.8) is 0 Å². The molecule has 0 radical (unpaired) electrons. The van der Waals surface area contributed by atoms with E-state index in [1.807, 2.05) is 42.5 Å². The summed E-state index contributed by atoms with van der Waals surface area (Å²) in [6.07, 6.45) is 1.60. The van der Waals surface area contributed by atoms with Crippen LogP contribution in [0.3, 0.4) is 0 Å². The van der Waals surface area contributed by atoms with E-state index in [0.29, 0.717) is 11.8 Å². The van der Waals surface area contributed by atoms with Crippen molar-refractivity contribution in [3.8, 4) is 11.4 Å². The number of nitrogens with zero attached hydrogens (tertiary/aromatic N) is 6. The monoisotopic (exact) mass is 385 g/mol. The smallest absolute Gasteiger partial charge is 0.244 e. The lowest BCUT2D eigenvalue weighted by Gasteiger charge is -2.05. The van der Waals surface area contributed by atoms with Crippen molar-refractivity contribution in [2.75, 3.05) is 16.4 Å². The van der Waals surface area contributed by atoms with Crippen molar-refractivity contribution < 1.29 is 0 Å². The molecule has 29 heavy (non-hydrogen) atoms. The number of hydrogen-bond donors (Lipinski definition) is 5. The molecule has 0 unspecified atom stereocenters. The minimum absolute atomic E-state index is 0.218. The summed E-state index contributed by atoms with van der Waals surface area (Å²) in [5, 5.41) is 19.8. The molecule has 0 bridgehead atoms. The van der Waals surface area contributed by atoms with Gasteiger partial charge in [-0.25, -0.2) is 15.1 Å². The van der Waals surface area contributed by atoms with Gasteiger partial charge in [-0.3, -0.25) is 0 Å². The lowest BCUT2D eigenvalue weighted by Crippen LogP contribution is -1.98. The molecule has 0 atom stereocenters. The van der Waals surface area contributed by atoms with E-state index < -0.39 is 0 Å². The molecule has 5 rings (SSSR count). The molecule has 0 fully saturated rings. The van der Waals surface area contributed by atoms with Crippen molar-refractivity contribution in [3.05, 3.63) is 54.7 Å². The first-order valence-corrected chi connectivity index (χ1v) is 8.69. The Kier molecular flexibility index (Phi) is 3.95. The van der Waals surface area contributed by atoms with Crippen LogP contribution in [0.25, 0.3) is 22.4 Å². The van der Waals surface area contributed by atoms with Crippen LogP contribution in [0, 0.1) is 0 Å². The van der Waals surface area contributed by atoms with E-state index in [-0.39, 0.29) is 5.95 Å². The zero-order chi connectivity index (χ0) is 19.6. The number of nitrogens with one attached hydrogen (secondary N) is 4. The second kappa shape index (κ2) is 6.88. The standard InChI is InChI=1S/C18H15N11/c19-17-20-8-7-15(25-17)21-12-5-6-13-14(9-12)24-16(23-13)10-1-3-11(4-2-10)22-18-26-28-29-27-18/h1-9H,(H,23,24)(H3,19,20,21,25)(H2,22,26,27,28,29). The summed E-state index contributed by atoms with van der Waals surface area (Å²) < 4.78 is 0. The van der Waals surface area contributed by atoms with Crippen LogP contribution < -0.4 is 16.4 Å². The first-order chi connectivity index (χ1) is 14.2. The molecular formula is C18H15N11. The van der Waals surface area contributed by atoms with Gasteiger partial charge in [-0.15, -0.1) is 0 Å². The van der Waals surface area contributed by atoms with Gasteiger partial charge in [0.1, 0.15) is 11.6 Å². The number of nitrogen functional groups attached to an aromatic ring is 1. The Balaban J connectivity index is 1.38. The highest BCUT2D eigenvalue weighted by Crippen LogP contribution is 2.25. The maximum Gasteiger partial charge on any atom is 0.244 e. The van der Waals surface area contributed by atoms with E-state index in [9.17, 15) is 0 Å². The predicted octanol–water partition coefficient (Wildman–Crippen LogP) is 2.60. The van der Waals surface area contributed by atoms with Crippen LogP contribution in [0.15, 0.2) is 54.7 Å². The molecular weight excluding hydrogens is 370 g/mol. The van der Waals surface area contributed by atoms with Crippen molar-refractivity contribution in [2.24, 2.45) is 0 Å². The molecule has 0 spiro atoms. The third-order valence-electron chi connectivity index (χ3n) is 4.20. The third kappa shape index (κ3) is 3.51. The van der Waals surface area contributed by atoms with Gasteiger partial charge in [-0.2, -0.15) is 4.98 Å². The molecule has 0 amide bonds. The minimum Gasteiger partial charge on any atom is -0.368 e. The van der Waals surface area contributed by atoms with Gasteiger partial charge in [0.2, 0.25) is 11.9 Å². The van der Waals surface area contributed by atoms with E-state index in [1.54, 1.807) is 12.3 Å². The first-order valence-electron chi connectivity index (χ1n) is 8.69. The second-order valence-electron chi connectivity index (χ2n) is 6.19. The average Bonchev–Trinajstić information content (AvgIpc) is 3.38. The predicted molar refractivity (Wildman–Crippen MR) is 109 cm³/mol. The number of benzene rings is 2. The topological polar surface area (TPSA) is 159 Å². The lowest BCUT2D eigenvalue weighted by molar-refractivity contribution is 0.881. The average molecular weight is 385 g/mol. The van der Waals surface area contributed by atoms with E-state index in [2.05, 4.69) is 46.2 Å². The number of tetrazole rings is 1. The zero-order valence-corrected chi connectivity index (χ0v) is 15.0. The van der Waals surface area contributed by atoms with Crippen LogP contribution in [0.4, 0.5) is 29.1 Å². The largest absolute Gasteiger partial charge is 0.368 e. The fraction of sp³-hybridized carbons (Fsp3) is 0. The summed E-state index contributed by atoms with van der Waals surface area (Å²) in [6.45, 7) is 0. The van der Waals surface area contributed by atoms with Gasteiger partial charge in [-0.1, -0.05) is 5.10 Å². The van der Waals surface area contributed by atoms with Crippen molar-refractivity contribution in [1.82, 2.24) is 40.6 Å². The van der Waals surface area contributed by atoms with Crippen LogP contribution in [-0.2, 0) is 0 Å². The summed E-state index contributed by atoms with van der Waals surface area (Å²) in [4.78, 5) is 16.1. The van der Waals surface area contributed by atoms with Crippen LogP contribution in [0.1, 0.15) is 0 Å². The Hall–Kier alpha value is -4.54. The highest BCUT2D eigenvalue weighted by atomic mass is 15.5. The second-order valence-corrected chi connectivity index (χ2v) is 6.19. The fourth-order valence-electron chi connectivity index (χ4n) is 2.87. The van der Waals surface area contributed by atoms with Crippen LogP contribution in [-0.4, -0.2) is 40.6 Å². The van der Waals surface area contributed by atoms with Gasteiger partial charge in [0.05, 0.1) is 11.0 Å². The van der Waals surface area contributed by atoms with E-state index in [1.165, 1.54) is 0 Å². The molecule has 0 saturated heterocycles. The van der Waals surface area contributed by atoms with Crippen molar-refractivity contribution in [2.45, 2.75) is 0 Å². The van der Waals surface area contributed by atoms with E-state index in [0.717, 1.165) is 33.8 Å². The minimum atomic E-state index is 0.218. The van der Waals surface area contributed by atoms with Crippen molar-refractivity contribution >= 4 is 40.1 Å². The molecule has 3 aromatic heterocycles. The fourth-order valence-corrected chi connectivity index (χ4v) is 2.87. The molecule has 3 heterocycles. The number of fused-ring (bicyclic) bond motifs is 1. The highest BCUT2D eigenvalue weighted by molar-refractivity contribution is 5.83. The number of hydrogen-bond acceptors (Lipinski definition) is 9. The number of imidazole rings is 1. The number of rotatable bonds is 5. The maximum atomic E-state index is 5.62. The molecule has 142 valence electrons.